The number of carbonyl (C=O) groups excluding carboxylic acids is 1. The number of hydrogen-bond acceptors (Lipinski definition) is 6. The molecule has 0 spiro atoms. The van der Waals surface area contributed by atoms with Crippen LogP contribution in [0.25, 0.3) is 5.82 Å². The van der Waals surface area contributed by atoms with Crippen molar-refractivity contribution in [1.82, 2.24) is 19.7 Å². The summed E-state index contributed by atoms with van der Waals surface area (Å²) in [7, 11) is 0. The summed E-state index contributed by atoms with van der Waals surface area (Å²) in [4.78, 5) is 30.9. The minimum Gasteiger partial charge on any atom is -0.306 e. The first-order chi connectivity index (χ1) is 12.0. The van der Waals surface area contributed by atoms with Crippen LogP contribution >= 0.6 is 0 Å². The van der Waals surface area contributed by atoms with Gasteiger partial charge in [-0.1, -0.05) is 12.1 Å². The van der Waals surface area contributed by atoms with Crippen molar-refractivity contribution >= 4 is 17.4 Å². The van der Waals surface area contributed by atoms with Crippen molar-refractivity contribution in [1.29, 1.82) is 0 Å². The van der Waals surface area contributed by atoms with Gasteiger partial charge in [-0.2, -0.15) is 5.10 Å². The lowest BCUT2D eigenvalue weighted by atomic mass is 10.1. The van der Waals surface area contributed by atoms with Crippen LogP contribution in [-0.4, -0.2) is 30.6 Å². The number of nitro benzene ring substituents is 1. The minimum atomic E-state index is -0.620. The van der Waals surface area contributed by atoms with Crippen LogP contribution < -0.4 is 5.32 Å². The quantitative estimate of drug-likeness (QED) is 0.577. The third-order valence-electron chi connectivity index (χ3n) is 3.47. The molecule has 0 unspecified atom stereocenters. The summed E-state index contributed by atoms with van der Waals surface area (Å²) in [5, 5.41) is 17.9. The highest BCUT2D eigenvalue weighted by Crippen LogP contribution is 2.19. The summed E-state index contributed by atoms with van der Waals surface area (Å²) in [6.45, 7) is 3.75. The lowest BCUT2D eigenvalue weighted by Crippen LogP contribution is -2.15. The predicted octanol–water partition coefficient (Wildman–Crippen LogP) is 2.44. The van der Waals surface area contributed by atoms with Gasteiger partial charge in [0.05, 0.1) is 10.6 Å². The van der Waals surface area contributed by atoms with Gasteiger partial charge >= 0.3 is 0 Å². The highest BCUT2D eigenvalue weighted by atomic mass is 16.6. The molecule has 9 nitrogen and oxygen atoms in total. The molecule has 0 aliphatic carbocycles. The number of hydrogen-bond donors (Lipinski definition) is 1. The number of nitrogens with zero attached hydrogens (tertiary/aromatic N) is 5. The fraction of sp³-hybridized carbons (Fsp3) is 0.125. The molecule has 3 aromatic rings. The lowest BCUT2D eigenvalue weighted by molar-refractivity contribution is -0.385. The van der Waals surface area contributed by atoms with Crippen LogP contribution in [0.15, 0.2) is 42.7 Å². The second-order valence-corrected chi connectivity index (χ2v) is 5.33. The first-order valence-electron chi connectivity index (χ1n) is 7.36. The Labute approximate surface area is 142 Å². The normalized spacial score (nSPS) is 10.5. The molecule has 9 heteroatoms. The van der Waals surface area contributed by atoms with Crippen molar-refractivity contribution in [3.63, 3.8) is 0 Å². The molecule has 1 N–H and O–H groups in total. The molecule has 0 aliphatic heterocycles. The molecule has 25 heavy (non-hydrogen) atoms. The largest absolute Gasteiger partial charge is 0.306 e. The topological polar surface area (TPSA) is 116 Å². The number of nitro groups is 1. The average Bonchev–Trinajstić information content (AvgIpc) is 2.93. The van der Waals surface area contributed by atoms with E-state index in [0.29, 0.717) is 5.82 Å². The zero-order valence-electron chi connectivity index (χ0n) is 13.5. The molecule has 0 saturated carbocycles. The van der Waals surface area contributed by atoms with Gasteiger partial charge in [-0.15, -0.1) is 0 Å². The van der Waals surface area contributed by atoms with Crippen molar-refractivity contribution in [2.24, 2.45) is 0 Å². The Morgan fingerprint density at radius 2 is 1.96 bits per heavy atom. The van der Waals surface area contributed by atoms with E-state index in [4.69, 9.17) is 0 Å². The van der Waals surface area contributed by atoms with Crippen LogP contribution in [0.5, 0.6) is 0 Å². The van der Waals surface area contributed by atoms with Crippen LogP contribution in [0.2, 0.25) is 0 Å². The number of rotatable bonds is 4. The Morgan fingerprint density at radius 3 is 2.64 bits per heavy atom. The molecular weight excluding hydrogens is 324 g/mol. The van der Waals surface area contributed by atoms with Crippen LogP contribution in [-0.2, 0) is 0 Å². The van der Waals surface area contributed by atoms with E-state index in [2.05, 4.69) is 20.4 Å². The van der Waals surface area contributed by atoms with E-state index in [-0.39, 0.29) is 17.1 Å². The summed E-state index contributed by atoms with van der Waals surface area (Å²) >= 11 is 0. The van der Waals surface area contributed by atoms with Crippen LogP contribution in [0.4, 0.5) is 11.5 Å². The third kappa shape index (κ3) is 3.34. The Bertz CT molecular complexity index is 966. The smallest absolute Gasteiger partial charge is 0.282 e. The van der Waals surface area contributed by atoms with Gasteiger partial charge in [0.1, 0.15) is 17.7 Å². The first-order valence-corrected chi connectivity index (χ1v) is 7.36. The molecule has 2 heterocycles. The first kappa shape index (κ1) is 16.2. The molecule has 0 atom stereocenters. The number of para-hydroxylation sites is 1. The predicted molar refractivity (Wildman–Crippen MR) is 89.7 cm³/mol. The minimum absolute atomic E-state index is 0.0428. The van der Waals surface area contributed by atoms with Crippen LogP contribution in [0.1, 0.15) is 21.7 Å². The SMILES string of the molecule is Cc1cc(C)n(-c2cc(NC(=O)c3ccccc3[N+](=O)[O-])ncn2)n1. The maximum atomic E-state index is 12.4. The van der Waals surface area contributed by atoms with Gasteiger partial charge < -0.3 is 5.32 Å². The summed E-state index contributed by atoms with van der Waals surface area (Å²) in [6, 6.07) is 9.16. The van der Waals surface area contributed by atoms with Crippen molar-refractivity contribution in [2.75, 3.05) is 5.32 Å². The number of anilines is 1. The van der Waals surface area contributed by atoms with Crippen LogP contribution in [0.3, 0.4) is 0 Å². The molecule has 2 aromatic heterocycles. The van der Waals surface area contributed by atoms with E-state index < -0.39 is 10.8 Å². The Balaban J connectivity index is 1.89. The van der Waals surface area contributed by atoms with E-state index in [0.717, 1.165) is 11.4 Å². The second kappa shape index (κ2) is 6.48. The average molecular weight is 338 g/mol. The Hall–Kier alpha value is -3.62. The van der Waals surface area contributed by atoms with Gasteiger partial charge in [0.15, 0.2) is 5.82 Å². The van der Waals surface area contributed by atoms with Gasteiger partial charge in [0, 0.05) is 17.8 Å². The van der Waals surface area contributed by atoms with Crippen molar-refractivity contribution in [3.8, 4) is 5.82 Å². The molecule has 0 bridgehead atoms. The summed E-state index contributed by atoms with van der Waals surface area (Å²) in [5.74, 6) is 0.0875. The van der Waals surface area contributed by atoms with E-state index in [1.165, 1.54) is 24.5 Å². The zero-order valence-corrected chi connectivity index (χ0v) is 13.5. The fourth-order valence-electron chi connectivity index (χ4n) is 2.40. The fourth-order valence-corrected chi connectivity index (χ4v) is 2.40. The van der Waals surface area contributed by atoms with Gasteiger partial charge in [-0.05, 0) is 26.0 Å². The molecule has 126 valence electrons. The zero-order chi connectivity index (χ0) is 18.0. The molecular formula is C16H14N6O3. The number of nitrogens with one attached hydrogen (secondary N) is 1. The summed E-state index contributed by atoms with van der Waals surface area (Å²) in [6.07, 6.45) is 1.29. The second-order valence-electron chi connectivity index (χ2n) is 5.33. The van der Waals surface area contributed by atoms with Crippen molar-refractivity contribution in [3.05, 3.63) is 69.8 Å². The Morgan fingerprint density at radius 1 is 1.20 bits per heavy atom. The summed E-state index contributed by atoms with van der Waals surface area (Å²) < 4.78 is 1.62. The standard InChI is InChI=1S/C16H14N6O3/c1-10-7-11(2)21(20-10)15-8-14(17-9-18-15)19-16(23)12-5-3-4-6-13(12)22(24)25/h3-9H,1-2H3,(H,17,18,19,23). The third-order valence-corrected chi connectivity index (χ3v) is 3.47. The number of aromatic nitrogens is 4. The summed E-state index contributed by atoms with van der Waals surface area (Å²) in [5.41, 5.74) is 1.40. The van der Waals surface area contributed by atoms with Crippen molar-refractivity contribution < 1.29 is 9.72 Å². The number of aryl methyl sites for hydroxylation is 2. The number of benzene rings is 1. The van der Waals surface area contributed by atoms with Crippen molar-refractivity contribution in [2.45, 2.75) is 13.8 Å². The maximum absolute atomic E-state index is 12.4. The van der Waals surface area contributed by atoms with E-state index in [9.17, 15) is 14.9 Å². The number of carbonyl (C=O) groups is 1. The monoisotopic (exact) mass is 338 g/mol. The molecule has 1 amide bonds. The highest BCUT2D eigenvalue weighted by molar-refractivity contribution is 6.06. The lowest BCUT2D eigenvalue weighted by Gasteiger charge is -2.07. The number of amides is 1. The maximum Gasteiger partial charge on any atom is 0.282 e. The molecule has 0 aliphatic rings. The molecule has 1 aromatic carbocycles. The van der Waals surface area contributed by atoms with Gasteiger partial charge in [-0.25, -0.2) is 14.6 Å². The van der Waals surface area contributed by atoms with Crippen LogP contribution in [0, 0.1) is 24.0 Å². The van der Waals surface area contributed by atoms with E-state index in [1.54, 1.807) is 16.8 Å². The van der Waals surface area contributed by atoms with Gasteiger partial charge in [-0.3, -0.25) is 14.9 Å². The molecule has 3 rings (SSSR count). The Kier molecular flexibility index (Phi) is 4.21. The molecule has 0 radical (unpaired) electrons. The van der Waals surface area contributed by atoms with Gasteiger partial charge in [0.25, 0.3) is 11.6 Å². The molecule has 0 fully saturated rings. The van der Waals surface area contributed by atoms with Gasteiger partial charge in [0.2, 0.25) is 0 Å². The molecule has 0 saturated heterocycles. The van der Waals surface area contributed by atoms with E-state index >= 15 is 0 Å². The highest BCUT2D eigenvalue weighted by Gasteiger charge is 2.19. The van der Waals surface area contributed by atoms with E-state index in [1.807, 2.05) is 19.9 Å².